The molecular formula is C24H25NO5. The number of amides is 1. The Bertz CT molecular complexity index is 823. The number of rotatable bonds is 4. The molecule has 0 spiro atoms. The summed E-state index contributed by atoms with van der Waals surface area (Å²) in [6.07, 6.45) is 3.09. The third-order valence-electron chi connectivity index (χ3n) is 6.15. The van der Waals surface area contributed by atoms with Crippen molar-refractivity contribution in [3.8, 4) is 11.5 Å². The molecule has 1 saturated carbocycles. The third kappa shape index (κ3) is 3.86. The molecule has 2 aromatic carbocycles. The summed E-state index contributed by atoms with van der Waals surface area (Å²) in [5, 5.41) is 3.11. The van der Waals surface area contributed by atoms with Crippen LogP contribution in [0, 0.1) is 0 Å². The van der Waals surface area contributed by atoms with Gasteiger partial charge in [0.15, 0.2) is 12.2 Å². The van der Waals surface area contributed by atoms with Gasteiger partial charge in [0.05, 0.1) is 0 Å². The molecule has 5 rings (SSSR count). The van der Waals surface area contributed by atoms with Crippen molar-refractivity contribution in [2.45, 2.75) is 62.9 Å². The van der Waals surface area contributed by atoms with Crippen molar-refractivity contribution in [1.82, 2.24) is 5.32 Å². The van der Waals surface area contributed by atoms with E-state index in [0.717, 1.165) is 48.3 Å². The molecule has 0 bridgehead atoms. The van der Waals surface area contributed by atoms with E-state index in [1.165, 1.54) is 0 Å². The molecule has 1 N–H and O–H groups in total. The first kappa shape index (κ1) is 19.0. The van der Waals surface area contributed by atoms with Gasteiger partial charge in [-0.25, -0.2) is 4.79 Å². The molecule has 3 aliphatic rings. The van der Waals surface area contributed by atoms with Gasteiger partial charge in [-0.05, 0) is 48.9 Å². The number of carbonyl (C=O) groups excluding carboxylic acids is 2. The van der Waals surface area contributed by atoms with Crippen molar-refractivity contribution < 1.29 is 23.8 Å². The number of hydrogen-bond donors (Lipinski definition) is 1. The molecule has 6 heteroatoms. The molecule has 30 heavy (non-hydrogen) atoms. The Kier molecular flexibility index (Phi) is 5.07. The Morgan fingerprint density at radius 1 is 0.800 bits per heavy atom. The first-order valence-electron chi connectivity index (χ1n) is 10.7. The van der Waals surface area contributed by atoms with Gasteiger partial charge in [-0.15, -0.1) is 0 Å². The molecule has 2 aliphatic heterocycles. The molecule has 1 aliphatic carbocycles. The second-order valence-electron chi connectivity index (χ2n) is 8.26. The summed E-state index contributed by atoms with van der Waals surface area (Å²) in [7, 11) is 0. The standard InChI is InChI=1S/C24H25NO5/c26-23(21-13-15-5-1-3-7-19(15)29-21)25-17-9-11-18(12-10-17)28-24(27)22-14-16-6-2-4-8-20(16)30-22/h1-8,17-18,21-22H,9-14H2,(H,25,26)/t17?,18?,21-,22+/m1/s1. The summed E-state index contributed by atoms with van der Waals surface area (Å²) in [4.78, 5) is 25.1. The highest BCUT2D eigenvalue weighted by Gasteiger charge is 2.34. The molecule has 156 valence electrons. The van der Waals surface area contributed by atoms with Crippen LogP contribution in [0.4, 0.5) is 0 Å². The number of benzene rings is 2. The normalized spacial score (nSPS) is 26.7. The maximum atomic E-state index is 12.6. The Balaban J connectivity index is 1.06. The number of para-hydroxylation sites is 2. The van der Waals surface area contributed by atoms with Crippen LogP contribution in [0.5, 0.6) is 11.5 Å². The Morgan fingerprint density at radius 3 is 2.00 bits per heavy atom. The van der Waals surface area contributed by atoms with Crippen molar-refractivity contribution in [2.75, 3.05) is 0 Å². The lowest BCUT2D eigenvalue weighted by Gasteiger charge is -2.30. The zero-order valence-electron chi connectivity index (χ0n) is 16.7. The number of ether oxygens (including phenoxy) is 3. The summed E-state index contributed by atoms with van der Waals surface area (Å²) >= 11 is 0. The number of fused-ring (bicyclic) bond motifs is 2. The highest BCUT2D eigenvalue weighted by Crippen LogP contribution is 2.31. The van der Waals surface area contributed by atoms with E-state index in [1.807, 2.05) is 48.5 Å². The molecular weight excluding hydrogens is 382 g/mol. The van der Waals surface area contributed by atoms with Gasteiger partial charge in [-0.1, -0.05) is 36.4 Å². The van der Waals surface area contributed by atoms with E-state index < -0.39 is 12.2 Å². The summed E-state index contributed by atoms with van der Waals surface area (Å²) in [6, 6.07) is 15.6. The van der Waals surface area contributed by atoms with Crippen LogP contribution >= 0.6 is 0 Å². The summed E-state index contributed by atoms with van der Waals surface area (Å²) < 4.78 is 17.2. The fraction of sp³-hybridized carbons (Fsp3) is 0.417. The van der Waals surface area contributed by atoms with Crippen LogP contribution in [-0.2, 0) is 27.2 Å². The van der Waals surface area contributed by atoms with Gasteiger partial charge in [0.2, 0.25) is 0 Å². The molecule has 6 nitrogen and oxygen atoms in total. The van der Waals surface area contributed by atoms with Crippen LogP contribution in [0.3, 0.4) is 0 Å². The molecule has 2 heterocycles. The lowest BCUT2D eigenvalue weighted by molar-refractivity contribution is -0.158. The van der Waals surface area contributed by atoms with Gasteiger partial charge in [-0.3, -0.25) is 4.79 Å². The third-order valence-corrected chi connectivity index (χ3v) is 6.15. The van der Waals surface area contributed by atoms with Crippen molar-refractivity contribution in [1.29, 1.82) is 0 Å². The van der Waals surface area contributed by atoms with Gasteiger partial charge < -0.3 is 19.5 Å². The number of esters is 1. The van der Waals surface area contributed by atoms with E-state index in [-0.39, 0.29) is 24.0 Å². The maximum Gasteiger partial charge on any atom is 0.347 e. The van der Waals surface area contributed by atoms with Gasteiger partial charge in [0.25, 0.3) is 5.91 Å². The summed E-state index contributed by atoms with van der Waals surface area (Å²) in [6.45, 7) is 0. The minimum absolute atomic E-state index is 0.0660. The van der Waals surface area contributed by atoms with Gasteiger partial charge >= 0.3 is 5.97 Å². The maximum absolute atomic E-state index is 12.6. The van der Waals surface area contributed by atoms with Gasteiger partial charge in [0.1, 0.15) is 17.6 Å². The Morgan fingerprint density at radius 2 is 1.37 bits per heavy atom. The average Bonchev–Trinajstić information content (AvgIpc) is 3.39. The average molecular weight is 407 g/mol. The molecule has 2 aromatic rings. The zero-order chi connectivity index (χ0) is 20.5. The predicted molar refractivity (Wildman–Crippen MR) is 109 cm³/mol. The number of hydrogen-bond acceptors (Lipinski definition) is 5. The van der Waals surface area contributed by atoms with E-state index in [1.54, 1.807) is 0 Å². The quantitative estimate of drug-likeness (QED) is 0.789. The lowest BCUT2D eigenvalue weighted by atomic mass is 9.92. The molecule has 0 unspecified atom stereocenters. The van der Waals surface area contributed by atoms with Crippen molar-refractivity contribution >= 4 is 11.9 Å². The van der Waals surface area contributed by atoms with E-state index >= 15 is 0 Å². The fourth-order valence-electron chi connectivity index (χ4n) is 4.50. The molecule has 2 atom stereocenters. The number of nitrogens with one attached hydrogen (secondary N) is 1. The molecule has 0 saturated heterocycles. The van der Waals surface area contributed by atoms with E-state index in [2.05, 4.69) is 5.32 Å². The first-order valence-corrected chi connectivity index (χ1v) is 10.7. The van der Waals surface area contributed by atoms with Crippen LogP contribution < -0.4 is 14.8 Å². The zero-order valence-corrected chi connectivity index (χ0v) is 16.7. The number of carbonyl (C=O) groups is 2. The van der Waals surface area contributed by atoms with Crippen LogP contribution in [0.2, 0.25) is 0 Å². The van der Waals surface area contributed by atoms with E-state index in [4.69, 9.17) is 14.2 Å². The Labute approximate surface area is 175 Å². The molecule has 1 fully saturated rings. The van der Waals surface area contributed by atoms with E-state index in [9.17, 15) is 9.59 Å². The minimum Gasteiger partial charge on any atom is -0.480 e. The smallest absolute Gasteiger partial charge is 0.347 e. The second-order valence-corrected chi connectivity index (χ2v) is 8.26. The van der Waals surface area contributed by atoms with Crippen molar-refractivity contribution in [3.05, 3.63) is 59.7 Å². The minimum atomic E-state index is -0.555. The predicted octanol–water partition coefficient (Wildman–Crippen LogP) is 2.96. The van der Waals surface area contributed by atoms with Crippen LogP contribution in [-0.4, -0.2) is 36.2 Å². The fourth-order valence-corrected chi connectivity index (χ4v) is 4.50. The second kappa shape index (κ2) is 8.01. The van der Waals surface area contributed by atoms with Gasteiger partial charge in [-0.2, -0.15) is 0 Å². The van der Waals surface area contributed by atoms with Crippen LogP contribution in [0.1, 0.15) is 36.8 Å². The Hall–Kier alpha value is -3.02. The molecule has 1 amide bonds. The largest absolute Gasteiger partial charge is 0.480 e. The highest BCUT2D eigenvalue weighted by molar-refractivity contribution is 5.82. The molecule has 0 aromatic heterocycles. The van der Waals surface area contributed by atoms with Crippen LogP contribution in [0.25, 0.3) is 0 Å². The summed E-state index contributed by atoms with van der Waals surface area (Å²) in [5.74, 6) is 1.20. The SMILES string of the molecule is O=C(OC1CCC(NC(=O)[C@H]2Cc3ccccc3O2)CC1)[C@@H]1Cc2ccccc2O1. The van der Waals surface area contributed by atoms with Crippen molar-refractivity contribution in [2.24, 2.45) is 0 Å². The highest BCUT2D eigenvalue weighted by atomic mass is 16.6. The first-order chi connectivity index (χ1) is 14.7. The summed E-state index contributed by atoms with van der Waals surface area (Å²) in [5.41, 5.74) is 2.12. The van der Waals surface area contributed by atoms with Gasteiger partial charge in [0, 0.05) is 18.9 Å². The topological polar surface area (TPSA) is 73.9 Å². The lowest BCUT2D eigenvalue weighted by Crippen LogP contribution is -2.45. The monoisotopic (exact) mass is 407 g/mol. The van der Waals surface area contributed by atoms with Crippen LogP contribution in [0.15, 0.2) is 48.5 Å². The van der Waals surface area contributed by atoms with Crippen molar-refractivity contribution in [3.63, 3.8) is 0 Å². The van der Waals surface area contributed by atoms with E-state index in [0.29, 0.717) is 12.8 Å². The molecule has 0 radical (unpaired) electrons.